The smallest absolute Gasteiger partial charge is 0.341 e. The Kier molecular flexibility index (Phi) is 5.76. The van der Waals surface area contributed by atoms with Gasteiger partial charge in [0, 0.05) is 31.4 Å². The Hall–Kier alpha value is -3.60. The number of carbonyl (C=O) groups excluding carboxylic acids is 4. The summed E-state index contributed by atoms with van der Waals surface area (Å²) in [5.74, 6) is -0.840. The lowest BCUT2D eigenvalue weighted by Gasteiger charge is -2.11. The predicted molar refractivity (Wildman–Crippen MR) is 108 cm³/mol. The maximum Gasteiger partial charge on any atom is 0.341 e. The fourth-order valence-corrected chi connectivity index (χ4v) is 4.12. The second-order valence-corrected chi connectivity index (χ2v) is 7.84. The van der Waals surface area contributed by atoms with E-state index in [-0.39, 0.29) is 35.6 Å². The van der Waals surface area contributed by atoms with Gasteiger partial charge in [-0.25, -0.2) is 9.78 Å². The monoisotopic (exact) mass is 443 g/mol. The lowest BCUT2D eigenvalue weighted by molar-refractivity contribution is -0.136. The third kappa shape index (κ3) is 4.45. The summed E-state index contributed by atoms with van der Waals surface area (Å²) in [6, 6.07) is 7.93. The number of likely N-dealkylation sites (tertiary alicyclic amines) is 1. The molecule has 3 heterocycles. The molecule has 1 unspecified atom stereocenters. The summed E-state index contributed by atoms with van der Waals surface area (Å²) in [6.07, 6.45) is 1.50. The van der Waals surface area contributed by atoms with E-state index < -0.39 is 23.7 Å². The zero-order valence-electron chi connectivity index (χ0n) is 16.3. The number of hydrogen-bond acceptors (Lipinski definition) is 9. The average Bonchev–Trinajstić information content (AvgIpc) is 3.32. The molecule has 0 saturated carbocycles. The number of benzene rings is 1. The van der Waals surface area contributed by atoms with E-state index in [1.54, 1.807) is 24.3 Å². The van der Waals surface area contributed by atoms with Crippen molar-refractivity contribution in [3.8, 4) is 11.5 Å². The number of nitrogens with zero attached hydrogens (tertiary/aromatic N) is 2. The van der Waals surface area contributed by atoms with Crippen molar-refractivity contribution < 1.29 is 33.4 Å². The molecule has 1 N–H and O–H groups in total. The second-order valence-electron chi connectivity index (χ2n) is 6.65. The number of carbonyl (C=O) groups is 4. The Bertz CT molecular complexity index is 1070. The number of hydrogen-bond donors (Lipinski definition) is 1. The van der Waals surface area contributed by atoms with Gasteiger partial charge in [-0.2, -0.15) is 0 Å². The third-order valence-electron chi connectivity index (χ3n) is 4.58. The van der Waals surface area contributed by atoms with Gasteiger partial charge in [-0.05, 0) is 24.3 Å². The molecule has 2 aliphatic heterocycles. The van der Waals surface area contributed by atoms with E-state index in [4.69, 9.17) is 14.2 Å². The highest BCUT2D eigenvalue weighted by atomic mass is 32.2. The summed E-state index contributed by atoms with van der Waals surface area (Å²) in [7, 11) is 1.41. The van der Waals surface area contributed by atoms with E-state index in [1.807, 2.05) is 0 Å². The molecule has 4 rings (SSSR count). The maximum atomic E-state index is 12.5. The van der Waals surface area contributed by atoms with Crippen molar-refractivity contribution in [1.82, 2.24) is 9.88 Å². The van der Waals surface area contributed by atoms with Gasteiger partial charge in [0.1, 0.15) is 5.03 Å². The molecule has 31 heavy (non-hydrogen) atoms. The Morgan fingerprint density at radius 2 is 2.06 bits per heavy atom. The number of imide groups is 1. The lowest BCUT2D eigenvalue weighted by atomic mass is 10.3. The van der Waals surface area contributed by atoms with Crippen molar-refractivity contribution in [2.24, 2.45) is 0 Å². The molecule has 160 valence electrons. The Morgan fingerprint density at radius 1 is 1.26 bits per heavy atom. The topological polar surface area (TPSA) is 124 Å². The highest BCUT2D eigenvalue weighted by Gasteiger charge is 2.37. The molecule has 1 atom stereocenters. The van der Waals surface area contributed by atoms with Gasteiger partial charge < -0.3 is 19.5 Å². The van der Waals surface area contributed by atoms with E-state index in [9.17, 15) is 19.2 Å². The molecule has 2 aliphatic rings. The predicted octanol–water partition coefficient (Wildman–Crippen LogP) is 1.46. The fraction of sp³-hybridized carbons (Fsp3) is 0.250. The zero-order chi connectivity index (χ0) is 22.0. The molecule has 1 saturated heterocycles. The van der Waals surface area contributed by atoms with Gasteiger partial charge in [0.25, 0.3) is 5.91 Å². The average molecular weight is 443 g/mol. The number of amides is 3. The number of rotatable bonds is 6. The number of nitrogens with one attached hydrogen (secondary N) is 1. The summed E-state index contributed by atoms with van der Waals surface area (Å²) in [6.45, 7) is -0.400. The van der Waals surface area contributed by atoms with Crippen LogP contribution in [0, 0.1) is 0 Å². The van der Waals surface area contributed by atoms with Crippen LogP contribution in [0.1, 0.15) is 16.8 Å². The van der Waals surface area contributed by atoms with Gasteiger partial charge in [-0.3, -0.25) is 19.3 Å². The highest BCUT2D eigenvalue weighted by molar-refractivity contribution is 8.00. The first kappa shape index (κ1) is 20.7. The van der Waals surface area contributed by atoms with Crippen LogP contribution in [-0.2, 0) is 19.1 Å². The summed E-state index contributed by atoms with van der Waals surface area (Å²) in [4.78, 5) is 53.7. The molecule has 0 bridgehead atoms. The minimum Gasteiger partial charge on any atom is -0.454 e. The molecule has 0 spiro atoms. The van der Waals surface area contributed by atoms with E-state index in [2.05, 4.69) is 10.3 Å². The second kappa shape index (κ2) is 8.64. The Morgan fingerprint density at radius 3 is 2.84 bits per heavy atom. The number of aromatic nitrogens is 1. The summed E-state index contributed by atoms with van der Waals surface area (Å²) in [5, 5.41) is 2.20. The molecule has 0 radical (unpaired) electrons. The van der Waals surface area contributed by atoms with Crippen LogP contribution in [0.5, 0.6) is 11.5 Å². The highest BCUT2D eigenvalue weighted by Crippen LogP contribution is 2.34. The van der Waals surface area contributed by atoms with Crippen molar-refractivity contribution in [3.63, 3.8) is 0 Å². The summed E-state index contributed by atoms with van der Waals surface area (Å²) >= 11 is 1.02. The van der Waals surface area contributed by atoms with Crippen LogP contribution in [0.3, 0.4) is 0 Å². The quantitative estimate of drug-likeness (QED) is 0.522. The van der Waals surface area contributed by atoms with Gasteiger partial charge in [-0.1, -0.05) is 11.8 Å². The molecule has 10 nitrogen and oxygen atoms in total. The van der Waals surface area contributed by atoms with E-state index >= 15 is 0 Å². The molecule has 11 heteroatoms. The molecule has 3 amide bonds. The number of anilines is 1. The number of thioether (sulfide) groups is 1. The van der Waals surface area contributed by atoms with Gasteiger partial charge in [0.15, 0.2) is 18.1 Å². The van der Waals surface area contributed by atoms with Crippen molar-refractivity contribution in [1.29, 1.82) is 0 Å². The molecule has 0 aliphatic carbocycles. The zero-order valence-corrected chi connectivity index (χ0v) is 17.1. The van der Waals surface area contributed by atoms with Gasteiger partial charge in [0.2, 0.25) is 18.6 Å². The molecule has 1 aromatic heterocycles. The number of pyridine rings is 1. The van der Waals surface area contributed by atoms with Crippen LogP contribution in [0.2, 0.25) is 0 Å². The van der Waals surface area contributed by atoms with Crippen LogP contribution in [0.15, 0.2) is 41.6 Å². The van der Waals surface area contributed by atoms with Gasteiger partial charge in [0.05, 0.1) is 10.8 Å². The summed E-state index contributed by atoms with van der Waals surface area (Å²) in [5.41, 5.74) is 0.578. The SMILES string of the molecule is CN1C(=O)CC(Sc2ncccc2C(=O)OCC(=O)Nc2ccc3c(c2)OCO3)C1=O. The standard InChI is InChI=1S/C20H17N3O7S/c1-23-17(25)8-15(19(23)26)31-18-12(3-2-6-21-18)20(27)28-9-16(24)22-11-4-5-13-14(7-11)30-10-29-13/h2-7,15H,8-10H2,1H3,(H,22,24). The van der Waals surface area contributed by atoms with Gasteiger partial charge >= 0.3 is 5.97 Å². The minimum atomic E-state index is -0.762. The largest absolute Gasteiger partial charge is 0.454 e. The van der Waals surface area contributed by atoms with Crippen LogP contribution < -0.4 is 14.8 Å². The van der Waals surface area contributed by atoms with E-state index in [1.165, 1.54) is 19.3 Å². The van der Waals surface area contributed by atoms with Crippen molar-refractivity contribution in [2.45, 2.75) is 16.7 Å². The van der Waals surface area contributed by atoms with Crippen molar-refractivity contribution in [2.75, 3.05) is 25.8 Å². The Balaban J connectivity index is 1.36. The van der Waals surface area contributed by atoms with Crippen molar-refractivity contribution >= 4 is 41.1 Å². The minimum absolute atomic E-state index is 0.0308. The van der Waals surface area contributed by atoms with Crippen LogP contribution in [0.4, 0.5) is 5.69 Å². The number of esters is 1. The molecule has 1 fully saturated rings. The Labute approximate surface area is 180 Å². The normalized spacial score (nSPS) is 17.1. The summed E-state index contributed by atoms with van der Waals surface area (Å²) < 4.78 is 15.6. The van der Waals surface area contributed by atoms with Crippen LogP contribution in [0.25, 0.3) is 0 Å². The molecule has 1 aromatic carbocycles. The first-order chi connectivity index (χ1) is 14.9. The maximum absolute atomic E-state index is 12.5. The van der Waals surface area contributed by atoms with E-state index in [0.29, 0.717) is 17.2 Å². The fourth-order valence-electron chi connectivity index (χ4n) is 2.97. The van der Waals surface area contributed by atoms with E-state index in [0.717, 1.165) is 16.7 Å². The van der Waals surface area contributed by atoms with Crippen LogP contribution >= 0.6 is 11.8 Å². The lowest BCUT2D eigenvalue weighted by Crippen LogP contribution is -2.26. The van der Waals surface area contributed by atoms with Crippen LogP contribution in [-0.4, -0.2) is 59.3 Å². The van der Waals surface area contributed by atoms with Gasteiger partial charge in [-0.15, -0.1) is 0 Å². The van der Waals surface area contributed by atoms with Crippen molar-refractivity contribution in [3.05, 3.63) is 42.1 Å². The third-order valence-corrected chi connectivity index (χ3v) is 5.78. The molecule has 2 aromatic rings. The molecular formula is C20H17N3O7S. The first-order valence-corrected chi connectivity index (χ1v) is 10.1. The first-order valence-electron chi connectivity index (χ1n) is 9.21. The number of ether oxygens (including phenoxy) is 3. The molecular weight excluding hydrogens is 426 g/mol. The number of fused-ring (bicyclic) bond motifs is 1.